The number of aliphatic carboxylic acids is 1. The minimum atomic E-state index is -1.80. The average Bonchev–Trinajstić information content (AvgIpc) is 2.61. The predicted octanol–water partition coefficient (Wildman–Crippen LogP) is 2.81. The quantitative estimate of drug-likeness (QED) is 0.890. The van der Waals surface area contributed by atoms with Gasteiger partial charge in [0.05, 0.1) is 6.61 Å². The first-order valence-electron chi connectivity index (χ1n) is 7.66. The van der Waals surface area contributed by atoms with E-state index < -0.39 is 23.4 Å². The first-order valence-corrected chi connectivity index (χ1v) is 7.66. The van der Waals surface area contributed by atoms with Crippen LogP contribution in [0.5, 0.6) is 5.75 Å². The Morgan fingerprint density at radius 2 is 2.00 bits per heavy atom. The van der Waals surface area contributed by atoms with Crippen molar-refractivity contribution in [2.75, 3.05) is 6.61 Å². The number of carbonyl (C=O) groups is 2. The molecule has 1 aliphatic heterocycles. The van der Waals surface area contributed by atoms with E-state index in [0.29, 0.717) is 0 Å². The SMILES string of the molecule is O=C(N[C@@]1(C(=O)O)CCOc2ccc(F)cc21)OCc1ccccc1. The molecule has 1 atom stereocenters. The Labute approximate surface area is 143 Å². The zero-order chi connectivity index (χ0) is 17.9. The smallest absolute Gasteiger partial charge is 0.408 e. The maximum atomic E-state index is 13.6. The van der Waals surface area contributed by atoms with Crippen LogP contribution in [0.15, 0.2) is 48.5 Å². The van der Waals surface area contributed by atoms with Gasteiger partial charge in [-0.15, -0.1) is 0 Å². The van der Waals surface area contributed by atoms with Crippen LogP contribution in [0.25, 0.3) is 0 Å². The van der Waals surface area contributed by atoms with Crippen molar-refractivity contribution in [3.63, 3.8) is 0 Å². The Bertz CT molecular complexity index is 795. The molecule has 1 aliphatic rings. The van der Waals surface area contributed by atoms with Crippen LogP contribution in [0, 0.1) is 5.82 Å². The minimum Gasteiger partial charge on any atom is -0.493 e. The van der Waals surface area contributed by atoms with Gasteiger partial charge in [-0.1, -0.05) is 30.3 Å². The van der Waals surface area contributed by atoms with Crippen LogP contribution >= 0.6 is 0 Å². The maximum absolute atomic E-state index is 13.6. The van der Waals surface area contributed by atoms with E-state index >= 15 is 0 Å². The summed E-state index contributed by atoms with van der Waals surface area (Å²) in [6.07, 6.45) is -0.942. The largest absolute Gasteiger partial charge is 0.493 e. The standard InChI is InChI=1S/C18H16FNO5/c19-13-6-7-15-14(10-13)18(16(21)22,8-9-24-15)20-17(23)25-11-12-4-2-1-3-5-12/h1-7,10H,8-9,11H2,(H,20,23)(H,21,22)/t18-/m0/s1. The third kappa shape index (κ3) is 3.40. The third-order valence-corrected chi connectivity index (χ3v) is 4.03. The van der Waals surface area contributed by atoms with Crippen molar-refractivity contribution in [1.82, 2.24) is 5.32 Å². The summed E-state index contributed by atoms with van der Waals surface area (Å²) in [5, 5.41) is 12.1. The summed E-state index contributed by atoms with van der Waals surface area (Å²) >= 11 is 0. The van der Waals surface area contributed by atoms with Gasteiger partial charge < -0.3 is 19.9 Å². The van der Waals surface area contributed by atoms with E-state index in [0.717, 1.165) is 11.6 Å². The summed E-state index contributed by atoms with van der Waals surface area (Å²) in [5.74, 6) is -1.70. The summed E-state index contributed by atoms with van der Waals surface area (Å²) in [4.78, 5) is 24.1. The van der Waals surface area contributed by atoms with Crippen molar-refractivity contribution in [3.8, 4) is 5.75 Å². The molecule has 0 saturated carbocycles. The van der Waals surface area contributed by atoms with Gasteiger partial charge in [-0.25, -0.2) is 14.0 Å². The summed E-state index contributed by atoms with van der Waals surface area (Å²) < 4.78 is 24.1. The van der Waals surface area contributed by atoms with Gasteiger partial charge in [-0.3, -0.25) is 0 Å². The van der Waals surface area contributed by atoms with Crippen LogP contribution < -0.4 is 10.1 Å². The summed E-state index contributed by atoms with van der Waals surface area (Å²) in [7, 11) is 0. The number of fused-ring (bicyclic) bond motifs is 1. The maximum Gasteiger partial charge on any atom is 0.408 e. The van der Waals surface area contributed by atoms with Crippen LogP contribution in [-0.4, -0.2) is 23.8 Å². The van der Waals surface area contributed by atoms with E-state index in [1.165, 1.54) is 12.1 Å². The van der Waals surface area contributed by atoms with Gasteiger partial charge in [0.2, 0.25) is 0 Å². The van der Waals surface area contributed by atoms with Gasteiger partial charge in [-0.2, -0.15) is 0 Å². The highest BCUT2D eigenvalue weighted by Gasteiger charge is 2.47. The van der Waals surface area contributed by atoms with Crippen LogP contribution in [0.3, 0.4) is 0 Å². The van der Waals surface area contributed by atoms with Gasteiger partial charge in [0.15, 0.2) is 5.54 Å². The van der Waals surface area contributed by atoms with E-state index in [9.17, 15) is 19.1 Å². The van der Waals surface area contributed by atoms with Crippen LogP contribution in [-0.2, 0) is 21.7 Å². The predicted molar refractivity (Wildman–Crippen MR) is 85.6 cm³/mol. The first-order chi connectivity index (χ1) is 12.0. The molecular weight excluding hydrogens is 329 g/mol. The van der Waals surface area contributed by atoms with Crippen LogP contribution in [0.1, 0.15) is 17.5 Å². The third-order valence-electron chi connectivity index (χ3n) is 4.03. The fraction of sp³-hybridized carbons (Fsp3) is 0.222. The number of hydrogen-bond acceptors (Lipinski definition) is 4. The average molecular weight is 345 g/mol. The normalized spacial score (nSPS) is 18.6. The molecule has 0 bridgehead atoms. The van der Waals surface area contributed by atoms with Gasteiger partial charge in [-0.05, 0) is 23.8 Å². The Hall–Kier alpha value is -3.09. The number of hydrogen-bond donors (Lipinski definition) is 2. The zero-order valence-electron chi connectivity index (χ0n) is 13.2. The monoisotopic (exact) mass is 345 g/mol. The van der Waals surface area contributed by atoms with Gasteiger partial charge >= 0.3 is 12.1 Å². The van der Waals surface area contributed by atoms with Crippen molar-refractivity contribution in [1.29, 1.82) is 0 Å². The second kappa shape index (κ2) is 6.80. The Morgan fingerprint density at radius 1 is 1.24 bits per heavy atom. The highest BCUT2D eigenvalue weighted by molar-refractivity contribution is 5.87. The number of rotatable bonds is 4. The molecule has 25 heavy (non-hydrogen) atoms. The number of nitrogens with one attached hydrogen (secondary N) is 1. The van der Waals surface area contributed by atoms with E-state index in [4.69, 9.17) is 9.47 Å². The number of carboxylic acids is 1. The number of benzene rings is 2. The first kappa shape index (κ1) is 16.8. The van der Waals surface area contributed by atoms with Gasteiger partial charge in [0.25, 0.3) is 0 Å². The molecule has 1 heterocycles. The lowest BCUT2D eigenvalue weighted by atomic mass is 9.84. The topological polar surface area (TPSA) is 84.9 Å². The molecule has 0 saturated heterocycles. The van der Waals surface area contributed by atoms with Crippen molar-refractivity contribution in [3.05, 3.63) is 65.5 Å². The molecule has 6 nitrogen and oxygen atoms in total. The fourth-order valence-corrected chi connectivity index (χ4v) is 2.75. The van der Waals surface area contributed by atoms with E-state index in [1.807, 2.05) is 6.07 Å². The molecule has 0 spiro atoms. The second-order valence-corrected chi connectivity index (χ2v) is 5.64. The van der Waals surface area contributed by atoms with E-state index in [2.05, 4.69) is 5.32 Å². The molecule has 1 amide bonds. The summed E-state index contributed by atoms with van der Waals surface area (Å²) in [5.41, 5.74) is -0.980. The van der Waals surface area contributed by atoms with Gasteiger partial charge in [0, 0.05) is 12.0 Å². The number of halogens is 1. The summed E-state index contributed by atoms with van der Waals surface area (Å²) in [6.45, 7) is 0.0682. The molecule has 0 unspecified atom stereocenters. The second-order valence-electron chi connectivity index (χ2n) is 5.64. The molecule has 2 aromatic rings. The zero-order valence-corrected chi connectivity index (χ0v) is 13.2. The minimum absolute atomic E-state index is 0.00508. The van der Waals surface area contributed by atoms with Crippen LogP contribution in [0.4, 0.5) is 9.18 Å². The van der Waals surface area contributed by atoms with Gasteiger partial charge in [0.1, 0.15) is 18.2 Å². The van der Waals surface area contributed by atoms with Crippen LogP contribution in [0.2, 0.25) is 0 Å². The highest BCUT2D eigenvalue weighted by Crippen LogP contribution is 2.38. The molecule has 0 aromatic heterocycles. The Balaban J connectivity index is 1.81. The summed E-state index contributed by atoms with van der Waals surface area (Å²) in [6, 6.07) is 12.6. The lowest BCUT2D eigenvalue weighted by molar-refractivity contribution is -0.146. The molecule has 7 heteroatoms. The Kier molecular flexibility index (Phi) is 4.56. The molecule has 0 fully saturated rings. The number of carbonyl (C=O) groups excluding carboxylic acids is 1. The molecule has 2 N–H and O–H groups in total. The lowest BCUT2D eigenvalue weighted by Crippen LogP contribution is -2.54. The number of amides is 1. The lowest BCUT2D eigenvalue weighted by Gasteiger charge is -2.35. The van der Waals surface area contributed by atoms with Crippen molar-refractivity contribution in [2.45, 2.75) is 18.6 Å². The fourth-order valence-electron chi connectivity index (χ4n) is 2.75. The van der Waals surface area contributed by atoms with Crippen molar-refractivity contribution < 1.29 is 28.6 Å². The van der Waals surface area contributed by atoms with E-state index in [1.54, 1.807) is 24.3 Å². The highest BCUT2D eigenvalue weighted by atomic mass is 19.1. The van der Waals surface area contributed by atoms with E-state index in [-0.39, 0.29) is 30.9 Å². The Morgan fingerprint density at radius 3 is 2.72 bits per heavy atom. The molecule has 0 radical (unpaired) electrons. The number of alkyl carbamates (subject to hydrolysis) is 1. The van der Waals surface area contributed by atoms with Crippen molar-refractivity contribution >= 4 is 12.1 Å². The molecule has 130 valence electrons. The van der Waals surface area contributed by atoms with Crippen molar-refractivity contribution in [2.24, 2.45) is 0 Å². The molecule has 3 rings (SSSR count). The molecule has 2 aromatic carbocycles. The number of carboxylic acid groups (broad SMARTS) is 1. The molecule has 0 aliphatic carbocycles. The number of ether oxygens (including phenoxy) is 2. The molecular formula is C18H16FNO5.